The average Bonchev–Trinajstić information content (AvgIpc) is 3.30. The molecule has 4 heterocycles. The SMILES string of the molecule is [2H]C([2H])([2H])c1c[n+](C)c(-c2c(C)ccc3c2oc2nc4c(cc23)oc2ccccc24)cc1C. The van der Waals surface area contributed by atoms with E-state index < -0.39 is 6.85 Å². The Hall–Kier alpha value is -3.66. The molecule has 0 saturated heterocycles. The highest BCUT2D eigenvalue weighted by molar-refractivity contribution is 6.13. The predicted molar refractivity (Wildman–Crippen MR) is 120 cm³/mol. The third-order valence-corrected chi connectivity index (χ3v) is 5.91. The van der Waals surface area contributed by atoms with Gasteiger partial charge >= 0.3 is 0 Å². The number of hydrogen-bond donors (Lipinski definition) is 0. The van der Waals surface area contributed by atoms with E-state index in [0.29, 0.717) is 11.3 Å². The van der Waals surface area contributed by atoms with E-state index >= 15 is 0 Å². The van der Waals surface area contributed by atoms with Gasteiger partial charge in [-0.3, -0.25) is 0 Å². The number of hydrogen-bond acceptors (Lipinski definition) is 3. The zero-order valence-corrected chi connectivity index (χ0v) is 16.9. The number of rotatable bonds is 1. The van der Waals surface area contributed by atoms with Gasteiger partial charge in [0.05, 0.1) is 10.9 Å². The topological polar surface area (TPSA) is 43.0 Å². The highest BCUT2D eigenvalue weighted by Crippen LogP contribution is 2.39. The molecule has 0 bridgehead atoms. The molecule has 6 aromatic rings. The zero-order chi connectivity index (χ0) is 23.1. The van der Waals surface area contributed by atoms with Crippen LogP contribution in [-0.2, 0) is 7.05 Å². The van der Waals surface area contributed by atoms with Crippen LogP contribution in [0.2, 0.25) is 0 Å². The maximum atomic E-state index is 7.83. The maximum absolute atomic E-state index is 7.83. The summed E-state index contributed by atoms with van der Waals surface area (Å²) >= 11 is 0. The van der Waals surface area contributed by atoms with Crippen molar-refractivity contribution in [3.8, 4) is 11.3 Å². The Labute approximate surface area is 177 Å². The minimum absolute atomic E-state index is 0.345. The van der Waals surface area contributed by atoms with Gasteiger partial charge in [-0.05, 0) is 50.0 Å². The summed E-state index contributed by atoms with van der Waals surface area (Å²) in [7, 11) is 1.86. The van der Waals surface area contributed by atoms with Gasteiger partial charge in [0.2, 0.25) is 11.4 Å². The van der Waals surface area contributed by atoms with Crippen LogP contribution in [0, 0.1) is 20.7 Å². The summed E-state index contributed by atoms with van der Waals surface area (Å²) in [5.74, 6) is 0. The minimum Gasteiger partial charge on any atom is -0.454 e. The number of furan rings is 2. The molecule has 0 spiro atoms. The Bertz CT molecular complexity index is 1740. The zero-order valence-electron chi connectivity index (χ0n) is 19.9. The Morgan fingerprint density at radius 2 is 1.73 bits per heavy atom. The van der Waals surface area contributed by atoms with Crippen LogP contribution in [0.1, 0.15) is 20.8 Å². The maximum Gasteiger partial charge on any atom is 0.228 e. The monoisotopic (exact) mass is 396 g/mol. The fraction of sp³-hybridized carbons (Fsp3) is 0.154. The first-order valence-electron chi connectivity index (χ1n) is 11.4. The van der Waals surface area contributed by atoms with Gasteiger partial charge in [-0.25, -0.2) is 9.55 Å². The molecular weight excluding hydrogens is 372 g/mol. The molecule has 30 heavy (non-hydrogen) atoms. The van der Waals surface area contributed by atoms with Crippen molar-refractivity contribution in [2.75, 3.05) is 0 Å². The van der Waals surface area contributed by atoms with E-state index in [1.165, 1.54) is 0 Å². The van der Waals surface area contributed by atoms with Crippen molar-refractivity contribution in [2.24, 2.45) is 7.05 Å². The van der Waals surface area contributed by atoms with Gasteiger partial charge in [-0.15, -0.1) is 0 Å². The number of nitrogens with zero attached hydrogens (tertiary/aromatic N) is 2. The van der Waals surface area contributed by atoms with E-state index in [-0.39, 0.29) is 0 Å². The summed E-state index contributed by atoms with van der Waals surface area (Å²) in [5.41, 5.74) is 7.48. The first-order valence-corrected chi connectivity index (χ1v) is 9.87. The summed E-state index contributed by atoms with van der Waals surface area (Å²) in [5, 5.41) is 2.78. The van der Waals surface area contributed by atoms with Crippen molar-refractivity contribution < 1.29 is 17.5 Å². The minimum atomic E-state index is -2.17. The molecule has 146 valence electrons. The van der Waals surface area contributed by atoms with Gasteiger partial charge in [0.1, 0.15) is 18.1 Å². The molecule has 4 nitrogen and oxygen atoms in total. The molecule has 0 radical (unpaired) electrons. The van der Waals surface area contributed by atoms with Gasteiger partial charge in [-0.2, -0.15) is 0 Å². The molecule has 0 aliphatic heterocycles. The average molecular weight is 396 g/mol. The molecule has 2 aromatic carbocycles. The fourth-order valence-electron chi connectivity index (χ4n) is 4.30. The fourth-order valence-corrected chi connectivity index (χ4v) is 4.30. The molecule has 0 aliphatic rings. The molecule has 0 unspecified atom stereocenters. The van der Waals surface area contributed by atoms with Gasteiger partial charge in [0.25, 0.3) is 0 Å². The van der Waals surface area contributed by atoms with Gasteiger partial charge in [0, 0.05) is 26.5 Å². The van der Waals surface area contributed by atoms with Crippen molar-refractivity contribution in [1.29, 1.82) is 0 Å². The van der Waals surface area contributed by atoms with Crippen LogP contribution in [-0.4, -0.2) is 4.98 Å². The van der Waals surface area contributed by atoms with Crippen LogP contribution in [0.4, 0.5) is 0 Å². The number of pyridine rings is 2. The van der Waals surface area contributed by atoms with E-state index in [1.807, 2.05) is 67.9 Å². The molecule has 0 fully saturated rings. The first kappa shape index (κ1) is 14.3. The summed E-state index contributed by atoms with van der Waals surface area (Å²) < 4.78 is 37.7. The van der Waals surface area contributed by atoms with Crippen molar-refractivity contribution >= 4 is 44.1 Å². The lowest BCUT2D eigenvalue weighted by Crippen LogP contribution is -2.31. The number of aryl methyl sites for hydroxylation is 4. The Morgan fingerprint density at radius 1 is 0.867 bits per heavy atom. The molecule has 0 saturated carbocycles. The van der Waals surface area contributed by atoms with E-state index in [0.717, 1.165) is 60.8 Å². The molecular formula is C26H21N2O2+. The molecule has 0 atom stereocenters. The molecule has 0 aliphatic carbocycles. The Morgan fingerprint density at radius 3 is 2.60 bits per heavy atom. The number of fused-ring (bicyclic) bond motifs is 6. The second kappa shape index (κ2) is 5.92. The van der Waals surface area contributed by atoms with Crippen LogP contribution < -0.4 is 4.57 Å². The molecule has 4 aromatic heterocycles. The number of aromatic nitrogens is 2. The summed E-state index contributed by atoms with van der Waals surface area (Å²) in [6, 6.07) is 15.8. The highest BCUT2D eigenvalue weighted by atomic mass is 16.3. The highest BCUT2D eigenvalue weighted by Gasteiger charge is 2.22. The van der Waals surface area contributed by atoms with Crippen molar-refractivity contribution in [1.82, 2.24) is 4.98 Å². The van der Waals surface area contributed by atoms with Crippen molar-refractivity contribution in [2.45, 2.75) is 20.7 Å². The third-order valence-electron chi connectivity index (χ3n) is 5.91. The second-order valence-corrected chi connectivity index (χ2v) is 7.89. The van der Waals surface area contributed by atoms with Crippen LogP contribution in [0.5, 0.6) is 0 Å². The number of para-hydroxylation sites is 1. The molecule has 6 rings (SSSR count). The van der Waals surface area contributed by atoms with Gasteiger partial charge in [0.15, 0.2) is 17.4 Å². The summed E-state index contributed by atoms with van der Waals surface area (Å²) in [4.78, 5) is 4.81. The van der Waals surface area contributed by atoms with Crippen molar-refractivity contribution in [3.63, 3.8) is 0 Å². The van der Waals surface area contributed by atoms with E-state index in [1.54, 1.807) is 6.20 Å². The summed E-state index contributed by atoms with van der Waals surface area (Å²) in [6.07, 6.45) is 1.69. The van der Waals surface area contributed by atoms with E-state index in [2.05, 4.69) is 6.07 Å². The van der Waals surface area contributed by atoms with E-state index in [4.69, 9.17) is 17.9 Å². The van der Waals surface area contributed by atoms with Gasteiger partial charge < -0.3 is 8.83 Å². The molecule has 0 N–H and O–H groups in total. The van der Waals surface area contributed by atoms with E-state index in [9.17, 15) is 0 Å². The quantitative estimate of drug-likeness (QED) is 0.306. The number of benzene rings is 2. The van der Waals surface area contributed by atoms with Crippen LogP contribution in [0.25, 0.3) is 55.4 Å². The lowest BCUT2D eigenvalue weighted by atomic mass is 9.99. The smallest absolute Gasteiger partial charge is 0.228 e. The Kier molecular flexibility index (Phi) is 2.83. The Balaban J connectivity index is 1.66. The predicted octanol–water partition coefficient (Wildman–Crippen LogP) is 6.30. The normalized spacial score (nSPS) is 13.9. The standard InChI is InChI=1S/C26H21N2O2/c1-14-9-10-17-19-12-22-24(18-7-5-6-8-21(18)29-22)27-26(19)30-25(17)23(14)20-11-15(2)16(3)13-28(20)4/h5-13H,1-4H3/q+1/i3D3. The summed E-state index contributed by atoms with van der Waals surface area (Å²) in [6.45, 7) is 1.70. The molecule has 4 heteroatoms. The van der Waals surface area contributed by atoms with Gasteiger partial charge in [-0.1, -0.05) is 24.3 Å². The van der Waals surface area contributed by atoms with Crippen LogP contribution in [0.3, 0.4) is 0 Å². The van der Waals surface area contributed by atoms with Crippen LogP contribution in [0.15, 0.2) is 63.6 Å². The molecule has 0 amide bonds. The van der Waals surface area contributed by atoms with Crippen LogP contribution >= 0.6 is 0 Å². The lowest BCUT2D eigenvalue weighted by Gasteiger charge is -2.07. The lowest BCUT2D eigenvalue weighted by molar-refractivity contribution is -0.660. The third kappa shape index (κ3) is 2.28. The largest absolute Gasteiger partial charge is 0.454 e. The first-order chi connectivity index (χ1) is 15.7. The van der Waals surface area contributed by atoms with Crippen molar-refractivity contribution in [3.05, 3.63) is 71.4 Å². The second-order valence-electron chi connectivity index (χ2n) is 7.89.